The van der Waals surface area contributed by atoms with Gasteiger partial charge < -0.3 is 0 Å². The van der Waals surface area contributed by atoms with Crippen LogP contribution >= 0.6 is 0 Å². The molecule has 0 aliphatic carbocycles. The van der Waals surface area contributed by atoms with Gasteiger partial charge in [-0.2, -0.15) is 0 Å². The van der Waals surface area contributed by atoms with Crippen LogP contribution in [0.3, 0.4) is 0 Å². The second-order valence-corrected chi connectivity index (χ2v) is 18.5. The lowest BCUT2D eigenvalue weighted by Gasteiger charge is -2.08. The van der Waals surface area contributed by atoms with E-state index in [1.165, 1.54) is 0 Å². The Kier molecular flexibility index (Phi) is 6.31. The third-order valence-corrected chi connectivity index (χ3v) is 5.48. The summed E-state index contributed by atoms with van der Waals surface area (Å²) < 4.78 is 0. The normalized spacial score (nSPS) is 11.1. The number of rotatable bonds is 2. The summed E-state index contributed by atoms with van der Waals surface area (Å²) in [7, 11) is -3.01. The monoisotopic (exact) mass is 388 g/mol. The molecule has 0 atom stereocenters. The molecule has 0 fully saturated rings. The molecule has 0 amide bonds. The summed E-state index contributed by atoms with van der Waals surface area (Å²) in [4.78, 5) is 13.2. The van der Waals surface area contributed by atoms with Gasteiger partial charge in [0.2, 0.25) is 0 Å². The zero-order chi connectivity index (χ0) is 20.2. The van der Waals surface area contributed by atoms with Crippen molar-refractivity contribution in [2.45, 2.75) is 46.2 Å². The first-order chi connectivity index (χ1) is 12.4. The van der Waals surface area contributed by atoms with E-state index >= 15 is 0 Å². The number of carbonyl (C=O) groups is 1. The standard InChI is InChI=1S/C24H28OSi2/c1-19-8-11-22(12-9-19)24(25)23-18-20(14-16-26(2,3)4)10-13-21(23)15-17-27(5,6)7/h8-13,18H,1-7H3. The molecule has 0 unspecified atom stereocenters. The Morgan fingerprint density at radius 3 is 1.89 bits per heavy atom. The molecule has 0 spiro atoms. The second kappa shape index (κ2) is 8.13. The van der Waals surface area contributed by atoms with Gasteiger partial charge in [-0.05, 0) is 25.1 Å². The van der Waals surface area contributed by atoms with E-state index in [2.05, 4.69) is 62.2 Å². The van der Waals surface area contributed by atoms with Gasteiger partial charge in [0.15, 0.2) is 5.78 Å². The maximum Gasteiger partial charge on any atom is 0.194 e. The second-order valence-electron chi connectivity index (χ2n) is 8.96. The average molecular weight is 389 g/mol. The van der Waals surface area contributed by atoms with Crippen LogP contribution in [-0.4, -0.2) is 21.9 Å². The molecule has 0 N–H and O–H groups in total. The topological polar surface area (TPSA) is 17.1 Å². The Balaban J connectivity index is 2.57. The summed E-state index contributed by atoms with van der Waals surface area (Å²) in [6, 6.07) is 13.5. The number of ketones is 1. The third kappa shape index (κ3) is 6.72. The van der Waals surface area contributed by atoms with E-state index in [1.54, 1.807) is 0 Å². The van der Waals surface area contributed by atoms with Crippen LogP contribution in [0.5, 0.6) is 0 Å². The Morgan fingerprint density at radius 1 is 0.778 bits per heavy atom. The van der Waals surface area contributed by atoms with Crippen LogP contribution in [0.25, 0.3) is 0 Å². The average Bonchev–Trinajstić information content (AvgIpc) is 2.57. The highest BCUT2D eigenvalue weighted by Crippen LogP contribution is 2.17. The van der Waals surface area contributed by atoms with Crippen LogP contribution in [0.2, 0.25) is 39.3 Å². The van der Waals surface area contributed by atoms with E-state index in [0.717, 1.165) is 16.7 Å². The Labute approximate surface area is 166 Å². The lowest BCUT2D eigenvalue weighted by atomic mass is 9.96. The molecule has 0 saturated heterocycles. The van der Waals surface area contributed by atoms with Gasteiger partial charge in [-0.3, -0.25) is 4.79 Å². The molecule has 2 aromatic carbocycles. The first kappa shape index (κ1) is 21.0. The minimum atomic E-state index is -1.53. The molecule has 3 heteroatoms. The summed E-state index contributed by atoms with van der Waals surface area (Å²) in [6.07, 6.45) is 0. The van der Waals surface area contributed by atoms with E-state index in [9.17, 15) is 4.79 Å². The molecule has 0 radical (unpaired) electrons. The molecule has 138 valence electrons. The lowest BCUT2D eigenvalue weighted by Crippen LogP contribution is -2.16. The summed E-state index contributed by atoms with van der Waals surface area (Å²) in [5.41, 5.74) is 10.9. The molecule has 0 heterocycles. The highest BCUT2D eigenvalue weighted by atomic mass is 28.3. The van der Waals surface area contributed by atoms with Crippen LogP contribution in [0.4, 0.5) is 0 Å². The van der Waals surface area contributed by atoms with Crippen molar-refractivity contribution in [1.29, 1.82) is 0 Å². The highest BCUT2D eigenvalue weighted by Gasteiger charge is 2.15. The number of hydrogen-bond acceptors (Lipinski definition) is 1. The molecule has 0 saturated carbocycles. The van der Waals surface area contributed by atoms with Gasteiger partial charge in [-0.25, -0.2) is 0 Å². The van der Waals surface area contributed by atoms with Crippen molar-refractivity contribution >= 4 is 21.9 Å². The van der Waals surface area contributed by atoms with Gasteiger partial charge in [0, 0.05) is 22.3 Å². The molecule has 2 aromatic rings. The minimum absolute atomic E-state index is 0.00605. The maximum atomic E-state index is 13.2. The molecular formula is C24H28OSi2. The number of carbonyl (C=O) groups excluding carboxylic acids is 1. The predicted molar refractivity (Wildman–Crippen MR) is 122 cm³/mol. The third-order valence-electron chi connectivity index (χ3n) is 3.73. The zero-order valence-corrected chi connectivity index (χ0v) is 19.4. The molecule has 0 aliphatic heterocycles. The number of benzene rings is 2. The van der Waals surface area contributed by atoms with Crippen molar-refractivity contribution in [2.75, 3.05) is 0 Å². The van der Waals surface area contributed by atoms with Crippen molar-refractivity contribution in [2.24, 2.45) is 0 Å². The van der Waals surface area contributed by atoms with E-state index in [0.29, 0.717) is 11.1 Å². The zero-order valence-electron chi connectivity index (χ0n) is 17.4. The fourth-order valence-electron chi connectivity index (χ4n) is 2.29. The van der Waals surface area contributed by atoms with Crippen molar-refractivity contribution in [3.63, 3.8) is 0 Å². The largest absolute Gasteiger partial charge is 0.289 e. The summed E-state index contributed by atoms with van der Waals surface area (Å²) in [6.45, 7) is 15.3. The Morgan fingerprint density at radius 2 is 1.33 bits per heavy atom. The number of hydrogen-bond donors (Lipinski definition) is 0. The van der Waals surface area contributed by atoms with Crippen molar-refractivity contribution in [3.05, 3.63) is 70.3 Å². The summed E-state index contributed by atoms with van der Waals surface area (Å²) in [5.74, 6) is 6.53. The van der Waals surface area contributed by atoms with E-state index in [-0.39, 0.29) is 5.78 Å². The van der Waals surface area contributed by atoms with Crippen LogP contribution in [-0.2, 0) is 0 Å². The van der Waals surface area contributed by atoms with E-state index < -0.39 is 16.1 Å². The smallest absolute Gasteiger partial charge is 0.194 e. The Hall–Kier alpha value is -2.34. The van der Waals surface area contributed by atoms with Gasteiger partial charge in [-0.1, -0.05) is 81.0 Å². The van der Waals surface area contributed by atoms with Crippen LogP contribution < -0.4 is 0 Å². The highest BCUT2D eigenvalue weighted by molar-refractivity contribution is 6.84. The summed E-state index contributed by atoms with van der Waals surface area (Å²) >= 11 is 0. The van der Waals surface area contributed by atoms with Crippen molar-refractivity contribution < 1.29 is 4.79 Å². The van der Waals surface area contributed by atoms with Gasteiger partial charge in [0.05, 0.1) is 0 Å². The molecule has 0 aliphatic rings. The first-order valence-corrected chi connectivity index (χ1v) is 16.3. The van der Waals surface area contributed by atoms with Crippen LogP contribution in [0.15, 0.2) is 42.5 Å². The summed E-state index contributed by atoms with van der Waals surface area (Å²) in [5, 5.41) is 0. The van der Waals surface area contributed by atoms with Crippen molar-refractivity contribution in [1.82, 2.24) is 0 Å². The molecule has 2 rings (SSSR count). The van der Waals surface area contributed by atoms with Gasteiger partial charge in [0.25, 0.3) is 0 Å². The van der Waals surface area contributed by atoms with Crippen LogP contribution in [0.1, 0.15) is 32.6 Å². The minimum Gasteiger partial charge on any atom is -0.289 e. The fraction of sp³-hybridized carbons (Fsp3) is 0.292. The van der Waals surface area contributed by atoms with Gasteiger partial charge >= 0.3 is 0 Å². The quantitative estimate of drug-likeness (QED) is 0.367. The molecule has 0 bridgehead atoms. The predicted octanol–water partition coefficient (Wildman–Crippen LogP) is 5.68. The Bertz CT molecular complexity index is 964. The molecular weight excluding hydrogens is 360 g/mol. The van der Waals surface area contributed by atoms with Crippen molar-refractivity contribution in [3.8, 4) is 22.9 Å². The SMILES string of the molecule is Cc1ccc(C(=O)c2cc(C#C[Si](C)(C)C)ccc2C#C[Si](C)(C)C)cc1. The number of aryl methyl sites for hydroxylation is 1. The van der Waals surface area contributed by atoms with Gasteiger partial charge in [0.1, 0.15) is 16.1 Å². The van der Waals surface area contributed by atoms with E-state index in [4.69, 9.17) is 0 Å². The molecule has 0 aromatic heterocycles. The fourth-order valence-corrected chi connectivity index (χ4v) is 3.32. The van der Waals surface area contributed by atoms with Crippen LogP contribution in [0, 0.1) is 29.9 Å². The van der Waals surface area contributed by atoms with Gasteiger partial charge in [-0.15, -0.1) is 11.1 Å². The first-order valence-electron chi connectivity index (χ1n) is 9.26. The molecule has 1 nitrogen and oxygen atoms in total. The van der Waals surface area contributed by atoms with E-state index in [1.807, 2.05) is 49.4 Å². The lowest BCUT2D eigenvalue weighted by molar-refractivity contribution is 0.103. The maximum absolute atomic E-state index is 13.2. The molecule has 27 heavy (non-hydrogen) atoms.